The second kappa shape index (κ2) is 4.05. The smallest absolute Gasteiger partial charge is 0.356 e. The average Bonchev–Trinajstić information content (AvgIpc) is 2.78. The number of nitrogens with zero attached hydrogens (tertiary/aromatic N) is 3. The number of carboxylic acids is 1. The van der Waals surface area contributed by atoms with E-state index in [1.165, 1.54) is 29.2 Å². The lowest BCUT2D eigenvalue weighted by atomic mass is 10.2. The molecule has 0 aliphatic rings. The van der Waals surface area contributed by atoms with E-state index in [4.69, 9.17) is 10.8 Å². The minimum Gasteiger partial charge on any atom is -0.476 e. The van der Waals surface area contributed by atoms with Gasteiger partial charge in [0.15, 0.2) is 11.5 Å². The maximum Gasteiger partial charge on any atom is 0.356 e. The predicted octanol–water partition coefficient (Wildman–Crippen LogP) is 0.0644. The SMILES string of the molecule is NC(=O)c1cccnc1-n1ccc(C(=O)O)n1. The summed E-state index contributed by atoms with van der Waals surface area (Å²) in [6.45, 7) is 0. The lowest BCUT2D eigenvalue weighted by Gasteiger charge is -2.04. The zero-order valence-corrected chi connectivity index (χ0v) is 8.57. The van der Waals surface area contributed by atoms with Crippen molar-refractivity contribution < 1.29 is 14.7 Å². The second-order valence-corrected chi connectivity index (χ2v) is 3.19. The van der Waals surface area contributed by atoms with Crippen LogP contribution in [0, 0.1) is 0 Å². The van der Waals surface area contributed by atoms with Crippen molar-refractivity contribution in [3.63, 3.8) is 0 Å². The van der Waals surface area contributed by atoms with Crippen molar-refractivity contribution in [2.75, 3.05) is 0 Å². The molecule has 3 N–H and O–H groups in total. The highest BCUT2D eigenvalue weighted by molar-refractivity contribution is 5.95. The van der Waals surface area contributed by atoms with Crippen LogP contribution in [-0.2, 0) is 0 Å². The van der Waals surface area contributed by atoms with Crippen molar-refractivity contribution in [1.82, 2.24) is 14.8 Å². The van der Waals surface area contributed by atoms with Gasteiger partial charge in [-0.25, -0.2) is 14.5 Å². The van der Waals surface area contributed by atoms with Gasteiger partial charge >= 0.3 is 5.97 Å². The Labute approximate surface area is 95.5 Å². The van der Waals surface area contributed by atoms with Crippen molar-refractivity contribution in [3.05, 3.63) is 41.9 Å². The molecule has 7 nitrogen and oxygen atoms in total. The van der Waals surface area contributed by atoms with Gasteiger partial charge in [0.25, 0.3) is 5.91 Å². The maximum atomic E-state index is 11.2. The fourth-order valence-corrected chi connectivity index (χ4v) is 1.33. The Hall–Kier alpha value is -2.70. The number of nitrogens with two attached hydrogens (primary N) is 1. The van der Waals surface area contributed by atoms with E-state index in [9.17, 15) is 9.59 Å². The largest absolute Gasteiger partial charge is 0.476 e. The highest BCUT2D eigenvalue weighted by Gasteiger charge is 2.13. The van der Waals surface area contributed by atoms with Gasteiger partial charge in [-0.15, -0.1) is 0 Å². The molecule has 7 heteroatoms. The Balaban J connectivity index is 2.52. The van der Waals surface area contributed by atoms with Gasteiger partial charge in [-0.1, -0.05) is 0 Å². The number of pyridine rings is 1. The van der Waals surface area contributed by atoms with E-state index in [0.717, 1.165) is 0 Å². The van der Waals surface area contributed by atoms with Gasteiger partial charge in [-0.3, -0.25) is 4.79 Å². The normalized spacial score (nSPS) is 10.1. The summed E-state index contributed by atoms with van der Waals surface area (Å²) in [5.74, 6) is -1.60. The van der Waals surface area contributed by atoms with Crippen LogP contribution in [-0.4, -0.2) is 31.7 Å². The number of rotatable bonds is 3. The highest BCUT2D eigenvalue weighted by Crippen LogP contribution is 2.10. The second-order valence-electron chi connectivity index (χ2n) is 3.19. The van der Waals surface area contributed by atoms with E-state index in [2.05, 4.69) is 10.1 Å². The van der Waals surface area contributed by atoms with Crippen LogP contribution in [0.4, 0.5) is 0 Å². The van der Waals surface area contributed by atoms with Gasteiger partial charge in [0.2, 0.25) is 0 Å². The van der Waals surface area contributed by atoms with Crippen molar-refractivity contribution >= 4 is 11.9 Å². The van der Waals surface area contributed by atoms with Crippen LogP contribution in [0.3, 0.4) is 0 Å². The zero-order chi connectivity index (χ0) is 12.4. The minimum atomic E-state index is -1.15. The molecule has 17 heavy (non-hydrogen) atoms. The first-order valence-corrected chi connectivity index (χ1v) is 4.64. The number of carboxylic acid groups (broad SMARTS) is 1. The van der Waals surface area contributed by atoms with Gasteiger partial charge < -0.3 is 10.8 Å². The molecule has 0 aromatic carbocycles. The van der Waals surface area contributed by atoms with Crippen molar-refractivity contribution in [2.24, 2.45) is 5.73 Å². The van der Waals surface area contributed by atoms with Crippen molar-refractivity contribution in [1.29, 1.82) is 0 Å². The molecule has 0 bridgehead atoms. The summed E-state index contributed by atoms with van der Waals surface area (Å²) >= 11 is 0. The zero-order valence-electron chi connectivity index (χ0n) is 8.57. The number of primary amides is 1. The standard InChI is InChI=1S/C10H8N4O3/c11-8(15)6-2-1-4-12-9(6)14-5-3-7(13-14)10(16)17/h1-5H,(H2,11,15)(H,16,17). The van der Waals surface area contributed by atoms with Crippen LogP contribution in [0.5, 0.6) is 0 Å². The Bertz CT molecular complexity index is 591. The fourth-order valence-electron chi connectivity index (χ4n) is 1.33. The molecule has 0 atom stereocenters. The van der Waals surface area contributed by atoms with E-state index in [0.29, 0.717) is 0 Å². The van der Waals surface area contributed by atoms with Crippen LogP contribution >= 0.6 is 0 Å². The molecular formula is C10H8N4O3. The number of amides is 1. The molecule has 1 amide bonds. The van der Waals surface area contributed by atoms with Gasteiger partial charge in [0.1, 0.15) is 0 Å². The van der Waals surface area contributed by atoms with Crippen LogP contribution in [0.1, 0.15) is 20.8 Å². The van der Waals surface area contributed by atoms with Crippen LogP contribution in [0.2, 0.25) is 0 Å². The number of hydrogen-bond acceptors (Lipinski definition) is 4. The number of carbonyl (C=O) groups is 2. The molecular weight excluding hydrogens is 224 g/mol. The summed E-state index contributed by atoms with van der Waals surface area (Å²) in [5.41, 5.74) is 5.22. The molecule has 0 aliphatic heterocycles. The molecule has 2 heterocycles. The third-order valence-corrected chi connectivity index (χ3v) is 2.08. The molecule has 0 saturated carbocycles. The number of hydrogen-bond donors (Lipinski definition) is 2. The number of carbonyl (C=O) groups excluding carboxylic acids is 1. The molecule has 0 spiro atoms. The van der Waals surface area contributed by atoms with E-state index < -0.39 is 11.9 Å². The van der Waals surface area contributed by atoms with Gasteiger partial charge in [-0.2, -0.15) is 5.10 Å². The lowest BCUT2D eigenvalue weighted by Crippen LogP contribution is -2.16. The molecule has 0 saturated heterocycles. The fraction of sp³-hybridized carbons (Fsp3) is 0. The van der Waals surface area contributed by atoms with E-state index in [1.54, 1.807) is 6.07 Å². The predicted molar refractivity (Wildman–Crippen MR) is 56.8 cm³/mol. The first-order valence-electron chi connectivity index (χ1n) is 4.64. The number of aromatic carboxylic acids is 1. The summed E-state index contributed by atoms with van der Waals surface area (Å²) in [6.07, 6.45) is 2.86. The first kappa shape index (κ1) is 10.8. The minimum absolute atomic E-state index is 0.133. The molecule has 0 aliphatic carbocycles. The van der Waals surface area contributed by atoms with Crippen LogP contribution < -0.4 is 5.73 Å². The van der Waals surface area contributed by atoms with E-state index in [-0.39, 0.29) is 17.1 Å². The van der Waals surface area contributed by atoms with Gasteiger partial charge in [-0.05, 0) is 18.2 Å². The molecule has 2 rings (SSSR count). The third-order valence-electron chi connectivity index (χ3n) is 2.08. The van der Waals surface area contributed by atoms with Gasteiger partial charge in [0.05, 0.1) is 5.56 Å². The monoisotopic (exact) mass is 232 g/mol. The maximum absolute atomic E-state index is 11.2. The summed E-state index contributed by atoms with van der Waals surface area (Å²) < 4.78 is 1.20. The highest BCUT2D eigenvalue weighted by atomic mass is 16.4. The summed E-state index contributed by atoms with van der Waals surface area (Å²) in [5, 5.41) is 12.5. The Kier molecular flexibility index (Phi) is 2.57. The van der Waals surface area contributed by atoms with E-state index in [1.807, 2.05) is 0 Å². The Morgan fingerprint density at radius 3 is 2.71 bits per heavy atom. The molecule has 0 radical (unpaired) electrons. The van der Waals surface area contributed by atoms with Gasteiger partial charge in [0, 0.05) is 12.4 Å². The molecule has 2 aromatic heterocycles. The summed E-state index contributed by atoms with van der Waals surface area (Å²) in [7, 11) is 0. The average molecular weight is 232 g/mol. The lowest BCUT2D eigenvalue weighted by molar-refractivity contribution is 0.0690. The summed E-state index contributed by atoms with van der Waals surface area (Å²) in [4.78, 5) is 25.8. The van der Waals surface area contributed by atoms with Crippen molar-refractivity contribution in [3.8, 4) is 5.82 Å². The Morgan fingerprint density at radius 1 is 1.35 bits per heavy atom. The van der Waals surface area contributed by atoms with Crippen LogP contribution in [0.25, 0.3) is 5.82 Å². The third kappa shape index (κ3) is 1.98. The van der Waals surface area contributed by atoms with E-state index >= 15 is 0 Å². The number of aromatic nitrogens is 3. The molecule has 0 unspecified atom stereocenters. The van der Waals surface area contributed by atoms with Crippen LogP contribution in [0.15, 0.2) is 30.6 Å². The molecule has 0 fully saturated rings. The summed E-state index contributed by atoms with van der Waals surface area (Å²) in [6, 6.07) is 4.36. The topological polar surface area (TPSA) is 111 Å². The van der Waals surface area contributed by atoms with Crippen molar-refractivity contribution in [2.45, 2.75) is 0 Å². The quantitative estimate of drug-likeness (QED) is 0.777. The molecule has 86 valence electrons. The molecule has 2 aromatic rings. The first-order chi connectivity index (χ1) is 8.09. The Morgan fingerprint density at radius 2 is 2.12 bits per heavy atom.